The van der Waals surface area contributed by atoms with Gasteiger partial charge in [-0.3, -0.25) is 9.59 Å². The van der Waals surface area contributed by atoms with Gasteiger partial charge in [0, 0.05) is 25.9 Å². The average Bonchev–Trinajstić information content (AvgIpc) is 2.64. The van der Waals surface area contributed by atoms with Crippen LogP contribution in [0.25, 0.3) is 0 Å². The average molecular weight is 373 g/mol. The van der Waals surface area contributed by atoms with Crippen LogP contribution in [0.4, 0.5) is 5.69 Å². The van der Waals surface area contributed by atoms with Crippen molar-refractivity contribution in [1.29, 1.82) is 0 Å². The van der Waals surface area contributed by atoms with Gasteiger partial charge in [0.15, 0.2) is 0 Å². The predicted molar refractivity (Wildman–Crippen MR) is 112 cm³/mol. The Balaban J connectivity index is 2.15. The zero-order valence-corrected chi connectivity index (χ0v) is 17.7. The van der Waals surface area contributed by atoms with Crippen molar-refractivity contribution in [2.75, 3.05) is 18.0 Å². The standard InChI is InChI=1S/C23H36N2O2/c1-16(2)20-12-9-13-21(17(3)4)22(20)25(18(5)26)15-14-24-23(27)19-10-7-6-8-11-19/h9,12-13,16-17,19H,6-8,10-11,14-15H2,1-5H3,(H,24,27). The third kappa shape index (κ3) is 5.57. The minimum Gasteiger partial charge on any atom is -0.354 e. The Morgan fingerprint density at radius 3 is 2.07 bits per heavy atom. The van der Waals surface area contributed by atoms with E-state index in [1.165, 1.54) is 17.5 Å². The molecule has 0 aliphatic heterocycles. The molecule has 1 fully saturated rings. The molecule has 27 heavy (non-hydrogen) atoms. The number of amides is 2. The normalized spacial score (nSPS) is 15.2. The van der Waals surface area contributed by atoms with E-state index >= 15 is 0 Å². The summed E-state index contributed by atoms with van der Waals surface area (Å²) in [6, 6.07) is 6.31. The molecule has 2 amide bonds. The second kappa shape index (κ2) is 9.91. The summed E-state index contributed by atoms with van der Waals surface area (Å²) in [5, 5.41) is 3.07. The molecule has 0 bridgehead atoms. The van der Waals surface area contributed by atoms with Gasteiger partial charge in [0.05, 0.1) is 5.69 Å². The van der Waals surface area contributed by atoms with Crippen LogP contribution in [0.5, 0.6) is 0 Å². The number of rotatable bonds is 7. The summed E-state index contributed by atoms with van der Waals surface area (Å²) >= 11 is 0. The Kier molecular flexibility index (Phi) is 7.88. The van der Waals surface area contributed by atoms with Crippen LogP contribution in [0, 0.1) is 5.92 Å². The maximum atomic E-state index is 12.5. The minimum absolute atomic E-state index is 0.0249. The molecular weight excluding hydrogens is 336 g/mol. The van der Waals surface area contributed by atoms with Gasteiger partial charge in [-0.25, -0.2) is 0 Å². The number of carbonyl (C=O) groups is 2. The Morgan fingerprint density at radius 1 is 1.04 bits per heavy atom. The van der Waals surface area contributed by atoms with Gasteiger partial charge >= 0.3 is 0 Å². The molecule has 0 spiro atoms. The van der Waals surface area contributed by atoms with Gasteiger partial charge in [0.1, 0.15) is 0 Å². The van der Waals surface area contributed by atoms with E-state index in [1.54, 1.807) is 6.92 Å². The lowest BCUT2D eigenvalue weighted by molar-refractivity contribution is -0.126. The summed E-state index contributed by atoms with van der Waals surface area (Å²) in [4.78, 5) is 26.8. The molecule has 0 heterocycles. The largest absolute Gasteiger partial charge is 0.354 e. The maximum Gasteiger partial charge on any atom is 0.223 e. The van der Waals surface area contributed by atoms with Crippen LogP contribution in [-0.4, -0.2) is 24.9 Å². The quantitative estimate of drug-likeness (QED) is 0.733. The molecular formula is C23H36N2O2. The van der Waals surface area contributed by atoms with Crippen LogP contribution >= 0.6 is 0 Å². The second-order valence-electron chi connectivity index (χ2n) is 8.39. The SMILES string of the molecule is CC(=O)N(CCNC(=O)C1CCCCC1)c1c(C(C)C)cccc1C(C)C. The van der Waals surface area contributed by atoms with Crippen molar-refractivity contribution in [2.45, 2.75) is 78.6 Å². The first-order chi connectivity index (χ1) is 12.8. The summed E-state index contributed by atoms with van der Waals surface area (Å²) in [5.41, 5.74) is 3.41. The lowest BCUT2D eigenvalue weighted by Gasteiger charge is -2.30. The summed E-state index contributed by atoms with van der Waals surface area (Å²) < 4.78 is 0. The van der Waals surface area contributed by atoms with E-state index < -0.39 is 0 Å². The van der Waals surface area contributed by atoms with Crippen molar-refractivity contribution in [3.8, 4) is 0 Å². The molecule has 150 valence electrons. The molecule has 4 heteroatoms. The van der Waals surface area contributed by atoms with Gasteiger partial charge in [0.25, 0.3) is 0 Å². The zero-order valence-electron chi connectivity index (χ0n) is 17.7. The van der Waals surface area contributed by atoms with Crippen LogP contribution < -0.4 is 10.2 Å². The number of nitrogens with one attached hydrogen (secondary N) is 1. The van der Waals surface area contributed by atoms with Gasteiger partial charge in [-0.1, -0.05) is 65.2 Å². The number of benzene rings is 1. The first-order valence-electron chi connectivity index (χ1n) is 10.5. The van der Waals surface area contributed by atoms with Crippen LogP contribution in [-0.2, 0) is 9.59 Å². The molecule has 0 aromatic heterocycles. The lowest BCUT2D eigenvalue weighted by atomic mass is 9.89. The summed E-state index contributed by atoms with van der Waals surface area (Å²) in [5.74, 6) is 0.991. The predicted octanol–water partition coefficient (Wildman–Crippen LogP) is 4.98. The summed E-state index contributed by atoms with van der Waals surface area (Å²) in [6.45, 7) is 11.3. The van der Waals surface area contributed by atoms with E-state index in [2.05, 4.69) is 51.2 Å². The molecule has 0 atom stereocenters. The Hall–Kier alpha value is -1.84. The minimum atomic E-state index is 0.0249. The maximum absolute atomic E-state index is 12.5. The molecule has 0 saturated heterocycles. The van der Waals surface area contributed by atoms with Crippen LogP contribution in [0.15, 0.2) is 18.2 Å². The summed E-state index contributed by atoms with van der Waals surface area (Å²) in [7, 11) is 0. The van der Waals surface area contributed by atoms with Gasteiger partial charge in [-0.2, -0.15) is 0 Å². The monoisotopic (exact) mass is 372 g/mol. The van der Waals surface area contributed by atoms with Crippen molar-refractivity contribution in [1.82, 2.24) is 5.32 Å². The lowest BCUT2D eigenvalue weighted by Crippen LogP contribution is -2.40. The Morgan fingerprint density at radius 2 is 1.59 bits per heavy atom. The van der Waals surface area contributed by atoms with Crippen LogP contribution in [0.3, 0.4) is 0 Å². The fourth-order valence-electron chi connectivity index (χ4n) is 4.05. The van der Waals surface area contributed by atoms with E-state index in [9.17, 15) is 9.59 Å². The molecule has 1 aliphatic rings. The number of anilines is 1. The third-order valence-corrected chi connectivity index (χ3v) is 5.60. The first kappa shape index (κ1) is 21.5. The molecule has 1 N–H and O–H groups in total. The second-order valence-corrected chi connectivity index (χ2v) is 8.39. The number of hydrogen-bond acceptors (Lipinski definition) is 2. The summed E-state index contributed by atoms with van der Waals surface area (Å²) in [6.07, 6.45) is 5.53. The number of carbonyl (C=O) groups excluding carboxylic acids is 2. The Bertz CT molecular complexity index is 620. The molecule has 1 aromatic rings. The highest BCUT2D eigenvalue weighted by Crippen LogP contribution is 2.35. The van der Waals surface area contributed by atoms with Crippen molar-refractivity contribution in [3.05, 3.63) is 29.3 Å². The van der Waals surface area contributed by atoms with Gasteiger partial charge < -0.3 is 10.2 Å². The Labute approximate surface area is 164 Å². The first-order valence-corrected chi connectivity index (χ1v) is 10.5. The smallest absolute Gasteiger partial charge is 0.223 e. The van der Waals surface area contributed by atoms with Crippen LogP contribution in [0.2, 0.25) is 0 Å². The van der Waals surface area contributed by atoms with Gasteiger partial charge in [-0.05, 0) is 35.8 Å². The van der Waals surface area contributed by atoms with E-state index in [1.807, 2.05) is 4.90 Å². The van der Waals surface area contributed by atoms with Crippen molar-refractivity contribution in [2.24, 2.45) is 5.92 Å². The van der Waals surface area contributed by atoms with Gasteiger partial charge in [-0.15, -0.1) is 0 Å². The number of nitrogens with zero attached hydrogens (tertiary/aromatic N) is 1. The van der Waals surface area contributed by atoms with E-state index in [0.717, 1.165) is 31.4 Å². The highest BCUT2D eigenvalue weighted by molar-refractivity contribution is 5.93. The van der Waals surface area contributed by atoms with Crippen molar-refractivity contribution >= 4 is 17.5 Å². The topological polar surface area (TPSA) is 49.4 Å². The van der Waals surface area contributed by atoms with Crippen molar-refractivity contribution in [3.63, 3.8) is 0 Å². The molecule has 1 aliphatic carbocycles. The molecule has 0 unspecified atom stereocenters. The third-order valence-electron chi connectivity index (χ3n) is 5.60. The number of para-hydroxylation sites is 1. The molecule has 2 rings (SSSR count). The van der Waals surface area contributed by atoms with Crippen molar-refractivity contribution < 1.29 is 9.59 Å². The van der Waals surface area contributed by atoms with E-state index in [-0.39, 0.29) is 17.7 Å². The van der Waals surface area contributed by atoms with Gasteiger partial charge in [0.2, 0.25) is 11.8 Å². The number of hydrogen-bond donors (Lipinski definition) is 1. The molecule has 0 radical (unpaired) electrons. The van der Waals surface area contributed by atoms with E-state index in [0.29, 0.717) is 24.9 Å². The van der Waals surface area contributed by atoms with Crippen LogP contribution in [0.1, 0.15) is 89.7 Å². The molecule has 1 aromatic carbocycles. The van der Waals surface area contributed by atoms with E-state index in [4.69, 9.17) is 0 Å². The molecule has 1 saturated carbocycles. The highest BCUT2D eigenvalue weighted by atomic mass is 16.2. The fourth-order valence-corrected chi connectivity index (χ4v) is 4.05. The molecule has 4 nitrogen and oxygen atoms in total. The highest BCUT2D eigenvalue weighted by Gasteiger charge is 2.24. The zero-order chi connectivity index (χ0) is 20.0. The fraction of sp³-hybridized carbons (Fsp3) is 0.652.